The molecular weight excluding hydrogens is 364 g/mol. The Morgan fingerprint density at radius 1 is 1.31 bits per heavy atom. The van der Waals surface area contributed by atoms with Crippen LogP contribution in [0.1, 0.15) is 30.1 Å². The number of ether oxygens (including phenoxy) is 1. The van der Waals surface area contributed by atoms with E-state index in [1.165, 1.54) is 4.90 Å². The Hall–Kier alpha value is -2.49. The molecule has 1 fully saturated rings. The number of esters is 1. The second kappa shape index (κ2) is 7.81. The summed E-state index contributed by atoms with van der Waals surface area (Å²) in [5.41, 5.74) is -0.650. The molecule has 0 saturated heterocycles. The monoisotopic (exact) mass is 384 g/mol. The molecule has 1 aromatic carbocycles. The quantitative estimate of drug-likeness (QED) is 0.377. The number of non-ortho nitro benzene ring substituents is 1. The average Bonchev–Trinajstić information content (AvgIpc) is 3.36. The van der Waals surface area contributed by atoms with Crippen LogP contribution in [-0.2, 0) is 19.4 Å². The van der Waals surface area contributed by atoms with E-state index in [0.717, 1.165) is 37.3 Å². The summed E-state index contributed by atoms with van der Waals surface area (Å²) in [6.07, 6.45) is 2.76. The van der Waals surface area contributed by atoms with Crippen LogP contribution >= 0.6 is 0 Å². The second-order valence-corrected chi connectivity index (χ2v) is 8.19. The molecule has 0 aromatic heterocycles. The molecule has 0 spiro atoms. The highest BCUT2D eigenvalue weighted by molar-refractivity contribution is 7.90. The first-order chi connectivity index (χ1) is 12.1. The predicted octanol–water partition coefficient (Wildman–Crippen LogP) is 1.41. The molecule has 0 bridgehead atoms. The lowest BCUT2D eigenvalue weighted by Gasteiger charge is -2.22. The Labute approximate surface area is 151 Å². The number of hydrogen-bond acceptors (Lipinski definition) is 7. The first-order valence-electron chi connectivity index (χ1n) is 8.06. The number of hydrogen-bond donors (Lipinski definition) is 0. The van der Waals surface area contributed by atoms with Gasteiger partial charge >= 0.3 is 5.97 Å². The molecule has 0 N–H and O–H groups in total. The minimum Gasteiger partial charge on any atom is -0.465 e. The van der Waals surface area contributed by atoms with Crippen molar-refractivity contribution in [2.45, 2.75) is 24.7 Å². The minimum absolute atomic E-state index is 0.149. The molecule has 1 aromatic rings. The van der Waals surface area contributed by atoms with Crippen molar-refractivity contribution in [1.82, 2.24) is 4.90 Å². The Morgan fingerprint density at radius 3 is 2.46 bits per heavy atom. The third-order valence-electron chi connectivity index (χ3n) is 3.87. The fourth-order valence-corrected chi connectivity index (χ4v) is 3.08. The van der Waals surface area contributed by atoms with Crippen molar-refractivity contribution in [3.05, 3.63) is 33.9 Å². The topological polar surface area (TPSA) is 124 Å². The van der Waals surface area contributed by atoms with Gasteiger partial charge in [0, 0.05) is 30.5 Å². The smallest absolute Gasteiger partial charge is 0.325 e. The molecular formula is C16H20N2O7S. The van der Waals surface area contributed by atoms with Crippen molar-refractivity contribution < 1.29 is 27.7 Å². The maximum atomic E-state index is 12.8. The van der Waals surface area contributed by atoms with Crippen molar-refractivity contribution in [3.8, 4) is 0 Å². The first-order valence-corrected chi connectivity index (χ1v) is 9.95. The Bertz CT molecular complexity index is 831. The van der Waals surface area contributed by atoms with E-state index in [4.69, 9.17) is 4.74 Å². The van der Waals surface area contributed by atoms with Gasteiger partial charge in [0.25, 0.3) is 11.6 Å². The van der Waals surface area contributed by atoms with Gasteiger partial charge in [-0.05, 0) is 31.7 Å². The molecule has 0 heterocycles. The van der Waals surface area contributed by atoms with E-state index in [9.17, 15) is 28.1 Å². The van der Waals surface area contributed by atoms with E-state index in [1.54, 1.807) is 6.92 Å². The molecule has 9 nitrogen and oxygen atoms in total. The van der Waals surface area contributed by atoms with Crippen LogP contribution in [0.2, 0.25) is 0 Å². The molecule has 0 radical (unpaired) electrons. The maximum Gasteiger partial charge on any atom is 0.325 e. The number of nitrogens with zero attached hydrogens (tertiary/aromatic N) is 2. The van der Waals surface area contributed by atoms with Gasteiger partial charge in [-0.3, -0.25) is 19.7 Å². The molecule has 26 heavy (non-hydrogen) atoms. The molecule has 1 saturated carbocycles. The Morgan fingerprint density at radius 2 is 1.96 bits per heavy atom. The number of nitro groups is 1. The molecule has 2 rings (SSSR count). The number of carbonyl (C=O) groups excluding carboxylic acids is 2. The molecule has 1 aliphatic rings. The van der Waals surface area contributed by atoms with E-state index in [-0.39, 0.29) is 29.5 Å². The number of nitro benzene ring substituents is 1. The zero-order chi connectivity index (χ0) is 19.5. The lowest BCUT2D eigenvalue weighted by atomic mass is 10.1. The zero-order valence-electron chi connectivity index (χ0n) is 14.5. The number of amides is 1. The summed E-state index contributed by atoms with van der Waals surface area (Å²) < 4.78 is 28.4. The van der Waals surface area contributed by atoms with Gasteiger partial charge in [0.2, 0.25) is 0 Å². The van der Waals surface area contributed by atoms with Gasteiger partial charge in [-0.1, -0.05) is 0 Å². The minimum atomic E-state index is -3.75. The second-order valence-electron chi connectivity index (χ2n) is 6.18. The summed E-state index contributed by atoms with van der Waals surface area (Å²) in [5, 5.41) is 11.1. The van der Waals surface area contributed by atoms with Crippen molar-refractivity contribution in [2.75, 3.05) is 26.0 Å². The van der Waals surface area contributed by atoms with Crippen LogP contribution in [0.5, 0.6) is 0 Å². The fraction of sp³-hybridized carbons (Fsp3) is 0.500. The van der Waals surface area contributed by atoms with Gasteiger partial charge in [0.1, 0.15) is 6.54 Å². The average molecular weight is 384 g/mol. The number of rotatable bonds is 8. The predicted molar refractivity (Wildman–Crippen MR) is 91.5 cm³/mol. The normalized spacial score (nSPS) is 13.9. The SMILES string of the molecule is CCOC(=O)CN(CC1CC1)C(=O)c1cc([N+](=O)[O-])cc(S(C)(=O)=O)c1. The van der Waals surface area contributed by atoms with Crippen molar-refractivity contribution in [1.29, 1.82) is 0 Å². The van der Waals surface area contributed by atoms with Crippen molar-refractivity contribution in [2.24, 2.45) is 5.92 Å². The van der Waals surface area contributed by atoms with E-state index in [2.05, 4.69) is 0 Å². The standard InChI is InChI=1S/C16H20N2O7S/c1-3-25-15(19)10-17(9-11-4-5-11)16(20)12-6-13(18(21)22)8-14(7-12)26(2,23)24/h6-8,11H,3-5,9-10H2,1-2H3. The van der Waals surface area contributed by atoms with E-state index < -0.39 is 32.3 Å². The van der Waals surface area contributed by atoms with E-state index in [1.807, 2.05) is 0 Å². The summed E-state index contributed by atoms with van der Waals surface area (Å²) in [4.78, 5) is 35.8. The van der Waals surface area contributed by atoms with Crippen LogP contribution in [0.3, 0.4) is 0 Å². The fourth-order valence-electron chi connectivity index (χ4n) is 2.40. The Kier molecular flexibility index (Phi) is 5.96. The van der Waals surface area contributed by atoms with Gasteiger partial charge in [-0.15, -0.1) is 0 Å². The van der Waals surface area contributed by atoms with Gasteiger partial charge < -0.3 is 9.64 Å². The number of carbonyl (C=O) groups is 2. The third kappa shape index (κ3) is 5.25. The molecule has 0 aliphatic heterocycles. The van der Waals surface area contributed by atoms with Gasteiger partial charge in [0.15, 0.2) is 9.84 Å². The maximum absolute atomic E-state index is 12.8. The lowest BCUT2D eigenvalue weighted by molar-refractivity contribution is -0.385. The van der Waals surface area contributed by atoms with Crippen LogP contribution in [0.4, 0.5) is 5.69 Å². The van der Waals surface area contributed by atoms with E-state index >= 15 is 0 Å². The molecule has 0 atom stereocenters. The molecule has 1 aliphatic carbocycles. The first kappa shape index (κ1) is 19.8. The van der Waals surface area contributed by atoms with Gasteiger partial charge in [0.05, 0.1) is 16.4 Å². The van der Waals surface area contributed by atoms with Crippen LogP contribution in [-0.4, -0.2) is 56.1 Å². The summed E-state index contributed by atoms with van der Waals surface area (Å²) >= 11 is 0. The molecule has 142 valence electrons. The highest BCUT2D eigenvalue weighted by Crippen LogP contribution is 2.30. The van der Waals surface area contributed by atoms with Crippen LogP contribution in [0, 0.1) is 16.0 Å². The van der Waals surface area contributed by atoms with Crippen molar-refractivity contribution >= 4 is 27.4 Å². The van der Waals surface area contributed by atoms with Crippen molar-refractivity contribution in [3.63, 3.8) is 0 Å². The van der Waals surface area contributed by atoms with Gasteiger partial charge in [-0.25, -0.2) is 8.42 Å². The van der Waals surface area contributed by atoms with Crippen LogP contribution in [0.15, 0.2) is 23.1 Å². The van der Waals surface area contributed by atoms with Crippen LogP contribution in [0.25, 0.3) is 0 Å². The molecule has 1 amide bonds. The van der Waals surface area contributed by atoms with Gasteiger partial charge in [-0.2, -0.15) is 0 Å². The lowest BCUT2D eigenvalue weighted by Crippen LogP contribution is -2.38. The summed E-state index contributed by atoms with van der Waals surface area (Å²) in [7, 11) is -3.75. The highest BCUT2D eigenvalue weighted by atomic mass is 32.2. The molecule has 10 heteroatoms. The summed E-state index contributed by atoms with van der Waals surface area (Å²) in [6.45, 7) is 1.83. The largest absolute Gasteiger partial charge is 0.465 e. The van der Waals surface area contributed by atoms with Crippen LogP contribution < -0.4 is 0 Å². The van der Waals surface area contributed by atoms with E-state index in [0.29, 0.717) is 6.54 Å². The Balaban J connectivity index is 2.38. The molecule has 0 unspecified atom stereocenters. The highest BCUT2D eigenvalue weighted by Gasteiger charge is 2.30. The summed E-state index contributed by atoms with van der Waals surface area (Å²) in [5.74, 6) is -0.963. The number of benzene rings is 1. The zero-order valence-corrected chi connectivity index (χ0v) is 15.3. The third-order valence-corrected chi connectivity index (χ3v) is 4.96. The summed E-state index contributed by atoms with van der Waals surface area (Å²) in [6, 6.07) is 3.01. The number of sulfone groups is 1.